The summed E-state index contributed by atoms with van der Waals surface area (Å²) in [5.74, 6) is 0.582. The van der Waals surface area contributed by atoms with E-state index in [-0.39, 0.29) is 23.9 Å². The standard InChI is InChI=1S/C20H19ClN4O2S2/c1-11-8-23-20-25(19(11)27)13(10-28-20)7-17(26)22-9-16-12(2)24-18(29-16)14-5-3-4-6-15(14)21/h3-6,8,13H,7,9-10H2,1-2H3,(H,22,26). The minimum Gasteiger partial charge on any atom is -0.351 e. The number of thiazole rings is 1. The van der Waals surface area contributed by atoms with E-state index >= 15 is 0 Å². The first-order chi connectivity index (χ1) is 13.9. The van der Waals surface area contributed by atoms with Crippen LogP contribution in [0.1, 0.15) is 28.6 Å². The molecule has 150 valence electrons. The van der Waals surface area contributed by atoms with Gasteiger partial charge >= 0.3 is 0 Å². The Balaban J connectivity index is 1.43. The maximum Gasteiger partial charge on any atom is 0.257 e. The van der Waals surface area contributed by atoms with Gasteiger partial charge in [0.15, 0.2) is 5.16 Å². The third-order valence-corrected chi connectivity index (χ3v) is 7.40. The van der Waals surface area contributed by atoms with Gasteiger partial charge in [0.05, 0.1) is 23.3 Å². The molecule has 0 radical (unpaired) electrons. The van der Waals surface area contributed by atoms with E-state index in [2.05, 4.69) is 15.3 Å². The number of amides is 1. The molecule has 3 heterocycles. The summed E-state index contributed by atoms with van der Waals surface area (Å²) in [4.78, 5) is 34.8. The number of nitrogens with zero attached hydrogens (tertiary/aromatic N) is 3. The van der Waals surface area contributed by atoms with Gasteiger partial charge in [-0.25, -0.2) is 9.97 Å². The Hall–Kier alpha value is -2.16. The molecule has 4 rings (SSSR count). The van der Waals surface area contributed by atoms with Crippen molar-refractivity contribution >= 4 is 40.6 Å². The van der Waals surface area contributed by atoms with Crippen molar-refractivity contribution in [3.8, 4) is 10.6 Å². The maximum absolute atomic E-state index is 12.5. The van der Waals surface area contributed by atoms with E-state index in [1.54, 1.807) is 17.7 Å². The van der Waals surface area contributed by atoms with E-state index in [0.717, 1.165) is 21.1 Å². The Labute approximate surface area is 181 Å². The number of aryl methyl sites for hydroxylation is 2. The summed E-state index contributed by atoms with van der Waals surface area (Å²) < 4.78 is 1.65. The van der Waals surface area contributed by atoms with Crippen LogP contribution in [0.4, 0.5) is 0 Å². The van der Waals surface area contributed by atoms with Crippen molar-refractivity contribution in [2.24, 2.45) is 0 Å². The van der Waals surface area contributed by atoms with Crippen LogP contribution in [-0.4, -0.2) is 26.2 Å². The van der Waals surface area contributed by atoms with Gasteiger partial charge in [0, 0.05) is 34.4 Å². The number of nitrogens with one attached hydrogen (secondary N) is 1. The van der Waals surface area contributed by atoms with Gasteiger partial charge in [0.1, 0.15) is 5.01 Å². The van der Waals surface area contributed by atoms with Gasteiger partial charge in [-0.05, 0) is 19.9 Å². The number of fused-ring (bicyclic) bond motifs is 1. The molecule has 9 heteroatoms. The summed E-state index contributed by atoms with van der Waals surface area (Å²) in [6.45, 7) is 4.07. The zero-order valence-corrected chi connectivity index (χ0v) is 18.3. The highest BCUT2D eigenvalue weighted by Gasteiger charge is 2.27. The number of halogens is 1. The van der Waals surface area contributed by atoms with Gasteiger partial charge in [-0.3, -0.25) is 14.2 Å². The Kier molecular flexibility index (Phi) is 5.76. The number of carbonyl (C=O) groups is 1. The summed E-state index contributed by atoms with van der Waals surface area (Å²) in [7, 11) is 0. The van der Waals surface area contributed by atoms with Crippen molar-refractivity contribution in [1.82, 2.24) is 19.9 Å². The van der Waals surface area contributed by atoms with Gasteiger partial charge in [0.2, 0.25) is 5.91 Å². The zero-order chi connectivity index (χ0) is 20.5. The van der Waals surface area contributed by atoms with Crippen LogP contribution in [0.2, 0.25) is 5.02 Å². The molecule has 0 spiro atoms. The Morgan fingerprint density at radius 1 is 1.34 bits per heavy atom. The number of hydrogen-bond donors (Lipinski definition) is 1. The van der Waals surface area contributed by atoms with Crippen LogP contribution in [0.25, 0.3) is 10.6 Å². The number of rotatable bonds is 5. The lowest BCUT2D eigenvalue weighted by Crippen LogP contribution is -2.31. The molecule has 6 nitrogen and oxygen atoms in total. The van der Waals surface area contributed by atoms with Crippen molar-refractivity contribution in [2.75, 3.05) is 5.75 Å². The lowest BCUT2D eigenvalue weighted by Gasteiger charge is -2.13. The molecule has 1 aliphatic heterocycles. The Bertz CT molecular complexity index is 1140. The van der Waals surface area contributed by atoms with Crippen molar-refractivity contribution in [3.05, 3.63) is 62.0 Å². The second-order valence-electron chi connectivity index (χ2n) is 6.85. The van der Waals surface area contributed by atoms with Crippen molar-refractivity contribution in [1.29, 1.82) is 0 Å². The molecule has 1 atom stereocenters. The van der Waals surface area contributed by atoms with Crippen LogP contribution < -0.4 is 10.9 Å². The van der Waals surface area contributed by atoms with E-state index in [1.165, 1.54) is 23.1 Å². The second kappa shape index (κ2) is 8.30. The number of hydrogen-bond acceptors (Lipinski definition) is 6. The van der Waals surface area contributed by atoms with Crippen LogP contribution in [-0.2, 0) is 11.3 Å². The molecule has 0 saturated heterocycles. The lowest BCUT2D eigenvalue weighted by molar-refractivity contribution is -0.121. The van der Waals surface area contributed by atoms with Crippen LogP contribution in [0.3, 0.4) is 0 Å². The predicted octanol–water partition coefficient (Wildman–Crippen LogP) is 3.99. The second-order valence-corrected chi connectivity index (χ2v) is 9.33. The number of benzene rings is 1. The summed E-state index contributed by atoms with van der Waals surface area (Å²) in [5.41, 5.74) is 2.29. The molecule has 1 amide bonds. The lowest BCUT2D eigenvalue weighted by atomic mass is 10.2. The number of aromatic nitrogens is 3. The predicted molar refractivity (Wildman–Crippen MR) is 117 cm³/mol. The minimum absolute atomic E-state index is 0.0690. The summed E-state index contributed by atoms with van der Waals surface area (Å²) in [5, 5.41) is 5.14. The zero-order valence-electron chi connectivity index (χ0n) is 15.9. The van der Waals surface area contributed by atoms with Crippen LogP contribution in [0.5, 0.6) is 0 Å². The molecule has 1 unspecified atom stereocenters. The number of carbonyl (C=O) groups excluding carboxylic acids is 1. The molecule has 0 aliphatic carbocycles. The first-order valence-corrected chi connectivity index (χ1v) is 11.3. The Morgan fingerprint density at radius 2 is 2.14 bits per heavy atom. The van der Waals surface area contributed by atoms with Crippen LogP contribution >= 0.6 is 34.7 Å². The fourth-order valence-electron chi connectivity index (χ4n) is 3.18. The van der Waals surface area contributed by atoms with Crippen molar-refractivity contribution in [3.63, 3.8) is 0 Å². The highest BCUT2D eigenvalue weighted by atomic mass is 35.5. The fraction of sp³-hybridized carbons (Fsp3) is 0.300. The molecule has 2 aromatic heterocycles. The van der Waals surface area contributed by atoms with E-state index in [0.29, 0.717) is 28.0 Å². The molecule has 1 N–H and O–H groups in total. The number of thioether (sulfide) groups is 1. The minimum atomic E-state index is -0.170. The van der Waals surface area contributed by atoms with Gasteiger partial charge in [0.25, 0.3) is 5.56 Å². The summed E-state index contributed by atoms with van der Waals surface area (Å²) >= 11 is 9.31. The molecule has 1 aromatic carbocycles. The molecule has 29 heavy (non-hydrogen) atoms. The molecule has 3 aromatic rings. The first kappa shape index (κ1) is 20.1. The van der Waals surface area contributed by atoms with E-state index in [1.807, 2.05) is 31.2 Å². The molecular weight excluding hydrogens is 428 g/mol. The third kappa shape index (κ3) is 4.10. The monoisotopic (exact) mass is 446 g/mol. The molecule has 0 fully saturated rings. The average molecular weight is 447 g/mol. The molecule has 0 saturated carbocycles. The maximum atomic E-state index is 12.5. The molecular formula is C20H19ClN4O2S2. The smallest absolute Gasteiger partial charge is 0.257 e. The highest BCUT2D eigenvalue weighted by molar-refractivity contribution is 7.99. The highest BCUT2D eigenvalue weighted by Crippen LogP contribution is 2.33. The van der Waals surface area contributed by atoms with Crippen LogP contribution in [0, 0.1) is 13.8 Å². The first-order valence-electron chi connectivity index (χ1n) is 9.13. The van der Waals surface area contributed by atoms with Crippen molar-refractivity contribution < 1.29 is 4.79 Å². The molecule has 1 aliphatic rings. The SMILES string of the molecule is Cc1nc(-c2ccccc2Cl)sc1CNC(=O)CC1CSc2ncc(C)c(=O)n21. The van der Waals surface area contributed by atoms with Gasteiger partial charge in [-0.15, -0.1) is 11.3 Å². The molecule has 0 bridgehead atoms. The average Bonchev–Trinajstić information content (AvgIpc) is 3.27. The largest absolute Gasteiger partial charge is 0.351 e. The quantitative estimate of drug-likeness (QED) is 0.599. The van der Waals surface area contributed by atoms with Gasteiger partial charge in [-0.2, -0.15) is 0 Å². The van der Waals surface area contributed by atoms with Crippen molar-refractivity contribution in [2.45, 2.75) is 38.0 Å². The fourth-order valence-corrected chi connectivity index (χ4v) is 5.61. The van der Waals surface area contributed by atoms with E-state index in [9.17, 15) is 9.59 Å². The summed E-state index contributed by atoms with van der Waals surface area (Å²) in [6.07, 6.45) is 1.84. The van der Waals surface area contributed by atoms with Gasteiger partial charge < -0.3 is 5.32 Å². The van der Waals surface area contributed by atoms with E-state index in [4.69, 9.17) is 11.6 Å². The Morgan fingerprint density at radius 3 is 2.93 bits per heavy atom. The van der Waals surface area contributed by atoms with E-state index < -0.39 is 0 Å². The van der Waals surface area contributed by atoms with Gasteiger partial charge in [-0.1, -0.05) is 41.6 Å². The third-order valence-electron chi connectivity index (χ3n) is 4.76. The topological polar surface area (TPSA) is 76.9 Å². The summed E-state index contributed by atoms with van der Waals surface area (Å²) in [6, 6.07) is 7.41. The normalized spacial score (nSPS) is 15.3. The van der Waals surface area contributed by atoms with Crippen LogP contribution in [0.15, 0.2) is 40.4 Å².